The van der Waals surface area contributed by atoms with Gasteiger partial charge in [0.15, 0.2) is 0 Å². The molecule has 0 aromatic heterocycles. The first-order chi connectivity index (χ1) is 33.5. The van der Waals surface area contributed by atoms with Crippen LogP contribution in [0, 0.1) is 5.92 Å². The molecule has 0 aliphatic heterocycles. The molecule has 0 aliphatic rings. The Morgan fingerprint density at radius 3 is 0.632 bits per heavy atom. The van der Waals surface area contributed by atoms with Gasteiger partial charge in [-0.3, -0.25) is 9.59 Å². The third-order valence-corrected chi connectivity index (χ3v) is 15.5. The van der Waals surface area contributed by atoms with Crippen LogP contribution in [-0.4, -0.2) is 33.4 Å². The van der Waals surface area contributed by atoms with Gasteiger partial charge in [0.2, 0.25) is 0 Å². The van der Waals surface area contributed by atoms with Gasteiger partial charge >= 0.3 is 11.9 Å². The SMILES string of the molecule is CCCCCCCCCCCCCCCCCCCCCCCCC(C(=O)O)C(O)CCCCCCCCCCCCCCCCCCCCCCCCCCCCCCCCCCCC(=O)O. The smallest absolute Gasteiger partial charge is 0.309 e. The summed E-state index contributed by atoms with van der Waals surface area (Å²) >= 11 is 0. The highest BCUT2D eigenvalue weighted by molar-refractivity contribution is 5.70. The molecule has 5 heteroatoms. The second kappa shape index (κ2) is 58.5. The molecule has 0 saturated heterocycles. The highest BCUT2D eigenvalue weighted by Gasteiger charge is 2.25. The van der Waals surface area contributed by atoms with Crippen molar-refractivity contribution >= 4 is 11.9 Å². The molecular formula is C63H124O5. The monoisotopic (exact) mass is 961 g/mol. The summed E-state index contributed by atoms with van der Waals surface area (Å²) in [6.07, 6.45) is 75.2. The second-order valence-electron chi connectivity index (χ2n) is 22.3. The lowest BCUT2D eigenvalue weighted by Gasteiger charge is -2.19. The van der Waals surface area contributed by atoms with Crippen LogP contribution < -0.4 is 0 Å². The van der Waals surface area contributed by atoms with E-state index in [0.29, 0.717) is 19.3 Å². The van der Waals surface area contributed by atoms with E-state index < -0.39 is 24.0 Å². The van der Waals surface area contributed by atoms with Gasteiger partial charge in [0, 0.05) is 6.42 Å². The molecule has 0 radical (unpaired) electrons. The van der Waals surface area contributed by atoms with Gasteiger partial charge in [0.1, 0.15) is 0 Å². The number of aliphatic hydroxyl groups excluding tert-OH is 1. The number of carboxylic acids is 2. The molecule has 2 atom stereocenters. The number of rotatable bonds is 61. The van der Waals surface area contributed by atoms with Crippen molar-refractivity contribution in [2.75, 3.05) is 0 Å². The van der Waals surface area contributed by atoms with Crippen LogP contribution in [0.1, 0.15) is 379 Å². The molecule has 0 fully saturated rings. The van der Waals surface area contributed by atoms with Crippen LogP contribution >= 0.6 is 0 Å². The largest absolute Gasteiger partial charge is 0.481 e. The summed E-state index contributed by atoms with van der Waals surface area (Å²) in [4.78, 5) is 22.4. The molecule has 0 saturated carbocycles. The fourth-order valence-electron chi connectivity index (χ4n) is 10.8. The second-order valence-corrected chi connectivity index (χ2v) is 22.3. The van der Waals surface area contributed by atoms with Gasteiger partial charge in [-0.2, -0.15) is 0 Å². The van der Waals surface area contributed by atoms with Crippen molar-refractivity contribution in [1.82, 2.24) is 0 Å². The number of aliphatic hydroxyl groups is 1. The van der Waals surface area contributed by atoms with Gasteiger partial charge in [-0.05, 0) is 19.3 Å². The molecule has 2 unspecified atom stereocenters. The van der Waals surface area contributed by atoms with Crippen molar-refractivity contribution in [3.63, 3.8) is 0 Å². The lowest BCUT2D eigenvalue weighted by molar-refractivity contribution is -0.146. The third-order valence-electron chi connectivity index (χ3n) is 15.5. The Labute approximate surface area is 426 Å². The minimum atomic E-state index is -0.805. The van der Waals surface area contributed by atoms with E-state index in [4.69, 9.17) is 5.11 Å². The van der Waals surface area contributed by atoms with Crippen LogP contribution in [0.25, 0.3) is 0 Å². The first kappa shape index (κ1) is 66.9. The summed E-state index contributed by atoms with van der Waals surface area (Å²) in [7, 11) is 0. The van der Waals surface area contributed by atoms with Crippen LogP contribution in [0.15, 0.2) is 0 Å². The average Bonchev–Trinajstić information content (AvgIpc) is 3.32. The maximum absolute atomic E-state index is 11.9. The highest BCUT2D eigenvalue weighted by atomic mass is 16.4. The van der Waals surface area contributed by atoms with E-state index >= 15 is 0 Å². The van der Waals surface area contributed by atoms with Crippen molar-refractivity contribution in [3.05, 3.63) is 0 Å². The molecule has 0 amide bonds. The van der Waals surface area contributed by atoms with Crippen molar-refractivity contribution in [3.8, 4) is 0 Å². The highest BCUT2D eigenvalue weighted by Crippen LogP contribution is 2.22. The average molecular weight is 962 g/mol. The van der Waals surface area contributed by atoms with Crippen molar-refractivity contribution in [2.24, 2.45) is 5.92 Å². The molecule has 0 aromatic carbocycles. The van der Waals surface area contributed by atoms with Crippen molar-refractivity contribution < 1.29 is 24.9 Å². The molecule has 68 heavy (non-hydrogen) atoms. The third kappa shape index (κ3) is 55.8. The van der Waals surface area contributed by atoms with Crippen LogP contribution in [0.3, 0.4) is 0 Å². The molecule has 0 aliphatic carbocycles. The number of carbonyl (C=O) groups is 2. The number of hydrogen-bond acceptors (Lipinski definition) is 3. The first-order valence-electron chi connectivity index (χ1n) is 31.6. The van der Waals surface area contributed by atoms with Crippen molar-refractivity contribution in [2.45, 2.75) is 385 Å². The fraction of sp³-hybridized carbons (Fsp3) is 0.968. The van der Waals surface area contributed by atoms with Crippen LogP contribution in [0.4, 0.5) is 0 Å². The predicted octanol–water partition coefficient (Wildman–Crippen LogP) is 21.8. The minimum absolute atomic E-state index is 0.337. The Morgan fingerprint density at radius 1 is 0.265 bits per heavy atom. The van der Waals surface area contributed by atoms with E-state index in [1.165, 1.54) is 315 Å². The maximum Gasteiger partial charge on any atom is 0.309 e. The van der Waals surface area contributed by atoms with Gasteiger partial charge in [-0.15, -0.1) is 0 Å². The molecular weight excluding hydrogens is 837 g/mol. The quantitative estimate of drug-likeness (QED) is 0.0528. The Kier molecular flexibility index (Phi) is 57.5. The first-order valence-corrected chi connectivity index (χ1v) is 31.6. The molecule has 0 aromatic rings. The zero-order chi connectivity index (χ0) is 49.3. The van der Waals surface area contributed by atoms with E-state index in [9.17, 15) is 19.8 Å². The van der Waals surface area contributed by atoms with E-state index in [1.807, 2.05) is 0 Å². The molecule has 0 heterocycles. The molecule has 5 nitrogen and oxygen atoms in total. The Balaban J connectivity index is 3.35. The molecule has 0 spiro atoms. The van der Waals surface area contributed by atoms with Crippen molar-refractivity contribution in [1.29, 1.82) is 0 Å². The van der Waals surface area contributed by atoms with Crippen LogP contribution in [-0.2, 0) is 9.59 Å². The number of hydrogen-bond donors (Lipinski definition) is 3. The van der Waals surface area contributed by atoms with Crippen LogP contribution in [0.2, 0.25) is 0 Å². The van der Waals surface area contributed by atoms with Gasteiger partial charge in [0.25, 0.3) is 0 Å². The van der Waals surface area contributed by atoms with Gasteiger partial charge in [-0.25, -0.2) is 0 Å². The topological polar surface area (TPSA) is 94.8 Å². The zero-order valence-corrected chi connectivity index (χ0v) is 46.3. The van der Waals surface area contributed by atoms with E-state index in [-0.39, 0.29) is 0 Å². The molecule has 0 rings (SSSR count). The number of unbranched alkanes of at least 4 members (excludes halogenated alkanes) is 53. The maximum atomic E-state index is 11.9. The van der Waals surface area contributed by atoms with E-state index in [1.54, 1.807) is 0 Å². The Bertz CT molecular complexity index is 967. The minimum Gasteiger partial charge on any atom is -0.481 e. The van der Waals surface area contributed by atoms with Gasteiger partial charge < -0.3 is 15.3 Å². The van der Waals surface area contributed by atoms with Gasteiger partial charge in [-0.1, -0.05) is 354 Å². The predicted molar refractivity (Wildman–Crippen MR) is 298 cm³/mol. The summed E-state index contributed by atoms with van der Waals surface area (Å²) in [6, 6.07) is 0. The molecule has 406 valence electrons. The van der Waals surface area contributed by atoms with E-state index in [0.717, 1.165) is 38.5 Å². The summed E-state index contributed by atoms with van der Waals surface area (Å²) in [6.45, 7) is 2.30. The molecule has 3 N–H and O–H groups in total. The summed E-state index contributed by atoms with van der Waals surface area (Å²) < 4.78 is 0. The lowest BCUT2D eigenvalue weighted by atomic mass is 9.91. The normalized spacial score (nSPS) is 12.6. The Morgan fingerprint density at radius 2 is 0.441 bits per heavy atom. The standard InChI is InChI=1S/C63H124O5/c1-2-3-4-5-6-7-8-9-10-11-12-13-27-30-33-36-39-42-45-48-51-54-57-60(63(67)68)61(64)58-55-52-49-46-43-40-37-34-31-28-25-23-21-19-17-15-14-16-18-20-22-24-26-29-32-35-38-41-44-47-50-53-56-59-62(65)66/h60-61,64H,2-59H2,1H3,(H,65,66)(H,67,68). The van der Waals surface area contributed by atoms with Gasteiger partial charge in [0.05, 0.1) is 12.0 Å². The number of aliphatic carboxylic acids is 2. The molecule has 0 bridgehead atoms. The van der Waals surface area contributed by atoms with E-state index in [2.05, 4.69) is 6.92 Å². The summed E-state index contributed by atoms with van der Waals surface area (Å²) in [5.74, 6) is -2.05. The summed E-state index contributed by atoms with van der Waals surface area (Å²) in [5, 5.41) is 29.1. The van der Waals surface area contributed by atoms with Crippen LogP contribution in [0.5, 0.6) is 0 Å². The lowest BCUT2D eigenvalue weighted by Crippen LogP contribution is -2.28. The Hall–Kier alpha value is -1.10. The number of carboxylic acid groups (broad SMARTS) is 2. The zero-order valence-electron chi connectivity index (χ0n) is 46.3. The fourth-order valence-corrected chi connectivity index (χ4v) is 10.8. The summed E-state index contributed by atoms with van der Waals surface area (Å²) in [5.41, 5.74) is 0.